The lowest BCUT2D eigenvalue weighted by atomic mass is 9.85. The van der Waals surface area contributed by atoms with Crippen molar-refractivity contribution < 1.29 is 0 Å². The monoisotopic (exact) mass is 345 g/mol. The first-order chi connectivity index (χ1) is 9.86. The van der Waals surface area contributed by atoms with Gasteiger partial charge in [0, 0.05) is 4.47 Å². The first-order valence-corrected chi connectivity index (χ1v) is 8.16. The van der Waals surface area contributed by atoms with Gasteiger partial charge in [0.15, 0.2) is 0 Å². The topological polar surface area (TPSA) is 12.0 Å². The molecule has 0 radical (unpaired) electrons. The number of nitrogens with one attached hydrogen (secondary N) is 1. The highest BCUT2D eigenvalue weighted by Gasteiger charge is 2.20. The second kappa shape index (κ2) is 6.33. The van der Waals surface area contributed by atoms with Gasteiger partial charge in [-0.1, -0.05) is 28.1 Å². The summed E-state index contributed by atoms with van der Waals surface area (Å²) < 4.78 is 1.13. The van der Waals surface area contributed by atoms with E-state index in [1.165, 1.54) is 38.9 Å². The van der Waals surface area contributed by atoms with Gasteiger partial charge in [-0.3, -0.25) is 0 Å². The van der Waals surface area contributed by atoms with Gasteiger partial charge in [-0.25, -0.2) is 0 Å². The molecule has 2 aromatic carbocycles. The molecule has 0 aliphatic heterocycles. The maximum Gasteiger partial charge on any atom is 0.0582 e. The molecule has 0 saturated carbocycles. The third-order valence-corrected chi connectivity index (χ3v) is 5.04. The average Bonchev–Trinajstić information content (AvgIpc) is 2.42. The van der Waals surface area contributed by atoms with Crippen LogP contribution in [0.3, 0.4) is 0 Å². The molecule has 1 unspecified atom stereocenters. The Morgan fingerprint density at radius 1 is 0.857 bits per heavy atom. The van der Waals surface area contributed by atoms with Crippen molar-refractivity contribution in [3.63, 3.8) is 0 Å². The Balaban J connectivity index is 2.67. The molecule has 0 aromatic heterocycles. The molecule has 1 N–H and O–H groups in total. The molecule has 0 aliphatic rings. The zero-order valence-corrected chi connectivity index (χ0v) is 15.4. The Kier molecular flexibility index (Phi) is 4.90. The third-order valence-electron chi connectivity index (χ3n) is 4.54. The van der Waals surface area contributed by atoms with Crippen LogP contribution in [0.15, 0.2) is 28.7 Å². The fourth-order valence-electron chi connectivity index (χ4n) is 3.10. The minimum Gasteiger partial charge on any atom is -0.309 e. The Bertz CT molecular complexity index is 648. The summed E-state index contributed by atoms with van der Waals surface area (Å²) in [5, 5.41) is 3.52. The molecule has 2 rings (SSSR count). The van der Waals surface area contributed by atoms with Crippen molar-refractivity contribution >= 4 is 15.9 Å². The summed E-state index contributed by atoms with van der Waals surface area (Å²) in [6.45, 7) is 11.0. The molecule has 0 fully saturated rings. The molecule has 1 atom stereocenters. The molecule has 2 aromatic rings. The van der Waals surface area contributed by atoms with Crippen LogP contribution in [0.1, 0.15) is 45.0 Å². The predicted molar refractivity (Wildman–Crippen MR) is 95.2 cm³/mol. The SMILES string of the molecule is CNC(c1ccc(Br)cc1C)c1c(C)c(C)cc(C)c1C. The van der Waals surface area contributed by atoms with Gasteiger partial charge >= 0.3 is 0 Å². The van der Waals surface area contributed by atoms with Crippen LogP contribution in [0.2, 0.25) is 0 Å². The highest BCUT2D eigenvalue weighted by molar-refractivity contribution is 9.10. The van der Waals surface area contributed by atoms with E-state index in [1.807, 2.05) is 7.05 Å². The molecule has 0 aliphatic carbocycles. The van der Waals surface area contributed by atoms with Gasteiger partial charge in [-0.2, -0.15) is 0 Å². The maximum absolute atomic E-state index is 3.56. The van der Waals surface area contributed by atoms with E-state index >= 15 is 0 Å². The van der Waals surface area contributed by atoms with Crippen molar-refractivity contribution in [2.24, 2.45) is 0 Å². The van der Waals surface area contributed by atoms with Gasteiger partial charge in [0.2, 0.25) is 0 Å². The minimum atomic E-state index is 0.233. The van der Waals surface area contributed by atoms with Crippen LogP contribution in [0.25, 0.3) is 0 Å². The van der Waals surface area contributed by atoms with E-state index in [0.717, 1.165) is 4.47 Å². The first kappa shape index (κ1) is 16.3. The Labute approximate surface area is 136 Å². The van der Waals surface area contributed by atoms with E-state index in [4.69, 9.17) is 0 Å². The summed E-state index contributed by atoms with van der Waals surface area (Å²) in [6.07, 6.45) is 0. The van der Waals surface area contributed by atoms with Crippen LogP contribution in [-0.2, 0) is 0 Å². The lowest BCUT2D eigenvalue weighted by molar-refractivity contribution is 0.677. The fourth-order valence-corrected chi connectivity index (χ4v) is 3.57. The zero-order chi connectivity index (χ0) is 15.7. The molecular weight excluding hydrogens is 322 g/mol. The lowest BCUT2D eigenvalue weighted by Gasteiger charge is -2.25. The standard InChI is InChI=1S/C19H24BrN/c1-11-9-12(2)15(5)18(14(11)4)19(21-6)17-8-7-16(20)10-13(17)3/h7-10,19,21H,1-6H3. The predicted octanol–water partition coefficient (Wildman–Crippen LogP) is 5.30. The van der Waals surface area contributed by atoms with Crippen LogP contribution < -0.4 is 5.32 Å². The van der Waals surface area contributed by atoms with Crippen molar-refractivity contribution in [1.29, 1.82) is 0 Å². The normalized spacial score (nSPS) is 12.5. The fraction of sp³-hybridized carbons (Fsp3) is 0.368. The summed E-state index contributed by atoms with van der Waals surface area (Å²) >= 11 is 3.56. The Morgan fingerprint density at radius 3 is 1.90 bits per heavy atom. The molecule has 0 spiro atoms. The maximum atomic E-state index is 3.56. The number of hydrogen-bond acceptors (Lipinski definition) is 1. The van der Waals surface area contributed by atoms with Gasteiger partial charge in [-0.15, -0.1) is 0 Å². The van der Waals surface area contributed by atoms with Crippen molar-refractivity contribution in [2.45, 2.75) is 40.7 Å². The summed E-state index contributed by atoms with van der Waals surface area (Å²) in [7, 11) is 2.04. The summed E-state index contributed by atoms with van der Waals surface area (Å²) in [5.41, 5.74) is 9.57. The van der Waals surface area contributed by atoms with Crippen molar-refractivity contribution in [2.75, 3.05) is 7.05 Å². The number of halogens is 1. The van der Waals surface area contributed by atoms with Crippen LogP contribution in [0.5, 0.6) is 0 Å². The van der Waals surface area contributed by atoms with Gasteiger partial charge < -0.3 is 5.32 Å². The minimum absolute atomic E-state index is 0.233. The number of rotatable bonds is 3. The van der Waals surface area contributed by atoms with Crippen molar-refractivity contribution in [1.82, 2.24) is 5.32 Å². The van der Waals surface area contributed by atoms with E-state index in [1.54, 1.807) is 0 Å². The first-order valence-electron chi connectivity index (χ1n) is 7.37. The molecule has 1 nitrogen and oxygen atoms in total. The summed E-state index contributed by atoms with van der Waals surface area (Å²) in [4.78, 5) is 0. The summed E-state index contributed by atoms with van der Waals surface area (Å²) in [5.74, 6) is 0. The van der Waals surface area contributed by atoms with Crippen molar-refractivity contribution in [3.8, 4) is 0 Å². The van der Waals surface area contributed by atoms with Gasteiger partial charge in [0.05, 0.1) is 6.04 Å². The van der Waals surface area contributed by atoms with E-state index < -0.39 is 0 Å². The highest BCUT2D eigenvalue weighted by Crippen LogP contribution is 2.33. The van der Waals surface area contributed by atoms with Crippen LogP contribution in [0, 0.1) is 34.6 Å². The third kappa shape index (κ3) is 3.07. The molecule has 112 valence electrons. The lowest BCUT2D eigenvalue weighted by Crippen LogP contribution is -2.21. The molecule has 0 amide bonds. The Hall–Kier alpha value is -1.12. The van der Waals surface area contributed by atoms with E-state index in [9.17, 15) is 0 Å². The van der Waals surface area contributed by atoms with E-state index in [0.29, 0.717) is 0 Å². The molecular formula is C19H24BrN. The Morgan fingerprint density at radius 2 is 1.43 bits per heavy atom. The molecule has 0 bridgehead atoms. The van der Waals surface area contributed by atoms with Crippen molar-refractivity contribution in [3.05, 3.63) is 67.7 Å². The second-order valence-corrected chi connectivity index (χ2v) is 6.81. The van der Waals surface area contributed by atoms with Crippen LogP contribution in [-0.4, -0.2) is 7.05 Å². The van der Waals surface area contributed by atoms with E-state index in [-0.39, 0.29) is 6.04 Å². The van der Waals surface area contributed by atoms with Gasteiger partial charge in [0.1, 0.15) is 0 Å². The smallest absolute Gasteiger partial charge is 0.0582 e. The second-order valence-electron chi connectivity index (χ2n) is 5.90. The molecule has 2 heteroatoms. The number of hydrogen-bond donors (Lipinski definition) is 1. The zero-order valence-electron chi connectivity index (χ0n) is 13.8. The molecule has 21 heavy (non-hydrogen) atoms. The number of aryl methyl sites for hydroxylation is 3. The average molecular weight is 346 g/mol. The van der Waals surface area contributed by atoms with Gasteiger partial charge in [0.25, 0.3) is 0 Å². The largest absolute Gasteiger partial charge is 0.309 e. The highest BCUT2D eigenvalue weighted by atomic mass is 79.9. The quantitative estimate of drug-likeness (QED) is 0.795. The summed E-state index contributed by atoms with van der Waals surface area (Å²) in [6, 6.07) is 9.05. The van der Waals surface area contributed by atoms with E-state index in [2.05, 4.69) is 80.1 Å². The molecule has 0 saturated heterocycles. The van der Waals surface area contributed by atoms with Crippen LogP contribution in [0.4, 0.5) is 0 Å². The van der Waals surface area contributed by atoms with Crippen LogP contribution >= 0.6 is 15.9 Å². The molecule has 0 heterocycles. The number of benzene rings is 2. The van der Waals surface area contributed by atoms with Gasteiger partial charge in [-0.05, 0) is 92.7 Å².